The monoisotopic (exact) mass is 339 g/mol. The molecule has 2 aromatic carbocycles. The van der Waals surface area contributed by atoms with Crippen molar-refractivity contribution in [2.24, 2.45) is 0 Å². The van der Waals surface area contributed by atoms with Gasteiger partial charge in [0.05, 0.1) is 23.7 Å². The topological polar surface area (TPSA) is 98.7 Å². The maximum absolute atomic E-state index is 11.2. The van der Waals surface area contributed by atoms with Gasteiger partial charge in [0.1, 0.15) is 11.4 Å². The Morgan fingerprint density at radius 3 is 2.72 bits per heavy atom. The van der Waals surface area contributed by atoms with Crippen LogP contribution in [0.1, 0.15) is 16.8 Å². The molecule has 1 saturated heterocycles. The molecule has 0 unspecified atom stereocenters. The van der Waals surface area contributed by atoms with Crippen molar-refractivity contribution in [3.8, 4) is 22.9 Å². The molecule has 0 radical (unpaired) electrons. The molecular formula is C18H17N3O4. The minimum atomic E-state index is -1.22. The molecule has 128 valence electrons. The first-order valence-electron chi connectivity index (χ1n) is 7.97. The Morgan fingerprint density at radius 1 is 1.28 bits per heavy atom. The third kappa shape index (κ3) is 2.44. The normalized spacial score (nSPS) is 13.7. The van der Waals surface area contributed by atoms with Crippen LogP contribution in [0.5, 0.6) is 11.5 Å². The Balaban J connectivity index is 1.81. The largest absolute Gasteiger partial charge is 0.504 e. The first-order chi connectivity index (χ1) is 12.1. The zero-order chi connectivity index (χ0) is 17.6. The number of rotatable bonds is 4. The molecule has 1 fully saturated rings. The molecule has 4 rings (SSSR count). The molecule has 0 atom stereocenters. The predicted octanol–water partition coefficient (Wildman–Crippen LogP) is 2.85. The summed E-state index contributed by atoms with van der Waals surface area (Å²) in [6.45, 7) is 2.12. The maximum atomic E-state index is 11.2. The van der Waals surface area contributed by atoms with Crippen LogP contribution in [0.4, 0.5) is 5.69 Å². The number of phenols is 1. The molecule has 1 aromatic heterocycles. The molecule has 0 aliphatic carbocycles. The first-order valence-corrected chi connectivity index (χ1v) is 7.97. The summed E-state index contributed by atoms with van der Waals surface area (Å²) in [5.74, 6) is -1.03. The number of aromatic carboxylic acids is 1. The summed E-state index contributed by atoms with van der Waals surface area (Å²) in [5.41, 5.74) is 3.11. The number of aromatic hydroxyl groups is 1. The Hall–Kier alpha value is -3.22. The number of benzene rings is 2. The SMILES string of the molecule is COc1c(-c2nc3ccc(N4CCC4)cc3[nH]2)ccc(C(=O)O)c1O. The molecule has 3 aromatic rings. The highest BCUT2D eigenvalue weighted by Crippen LogP contribution is 2.39. The van der Waals surface area contributed by atoms with Gasteiger partial charge in [-0.2, -0.15) is 0 Å². The van der Waals surface area contributed by atoms with E-state index < -0.39 is 11.7 Å². The number of aromatic amines is 1. The summed E-state index contributed by atoms with van der Waals surface area (Å²) in [7, 11) is 1.38. The lowest BCUT2D eigenvalue weighted by Crippen LogP contribution is -2.36. The quantitative estimate of drug-likeness (QED) is 0.676. The number of nitrogens with one attached hydrogen (secondary N) is 1. The third-order valence-electron chi connectivity index (χ3n) is 4.51. The minimum absolute atomic E-state index is 0.0851. The average Bonchev–Trinajstić information content (AvgIpc) is 2.95. The zero-order valence-electron chi connectivity index (χ0n) is 13.6. The number of carbonyl (C=O) groups is 1. The summed E-state index contributed by atoms with van der Waals surface area (Å²) in [6, 6.07) is 8.95. The van der Waals surface area contributed by atoms with Crippen LogP contribution in [0.2, 0.25) is 0 Å². The molecule has 0 spiro atoms. The standard InChI is InChI=1S/C18H17N3O4/c1-25-16-12(5-4-11(15(16)22)18(23)24)17-19-13-6-3-10(9-14(13)20-17)21-7-2-8-21/h3-6,9,22H,2,7-8H2,1H3,(H,19,20)(H,23,24). The van der Waals surface area contributed by atoms with E-state index in [-0.39, 0.29) is 11.3 Å². The van der Waals surface area contributed by atoms with E-state index in [1.54, 1.807) is 6.07 Å². The number of nitrogens with zero attached hydrogens (tertiary/aromatic N) is 2. The van der Waals surface area contributed by atoms with Crippen LogP contribution in [-0.2, 0) is 0 Å². The van der Waals surface area contributed by atoms with E-state index in [1.165, 1.54) is 19.6 Å². The summed E-state index contributed by atoms with van der Waals surface area (Å²) in [4.78, 5) is 21.2. The lowest BCUT2D eigenvalue weighted by atomic mass is 10.1. The molecule has 2 heterocycles. The van der Waals surface area contributed by atoms with Gasteiger partial charge in [0.25, 0.3) is 0 Å². The second-order valence-corrected chi connectivity index (χ2v) is 5.98. The highest BCUT2D eigenvalue weighted by Gasteiger charge is 2.21. The molecule has 25 heavy (non-hydrogen) atoms. The number of carboxylic acids is 1. The number of anilines is 1. The van der Waals surface area contributed by atoms with Gasteiger partial charge in [-0.1, -0.05) is 0 Å². The van der Waals surface area contributed by atoms with Crippen molar-refractivity contribution < 1.29 is 19.7 Å². The van der Waals surface area contributed by atoms with Gasteiger partial charge in [0.2, 0.25) is 0 Å². The first kappa shape index (κ1) is 15.3. The maximum Gasteiger partial charge on any atom is 0.339 e. The van der Waals surface area contributed by atoms with E-state index in [4.69, 9.17) is 9.84 Å². The van der Waals surface area contributed by atoms with E-state index in [9.17, 15) is 9.90 Å². The second kappa shape index (κ2) is 5.70. The van der Waals surface area contributed by atoms with Crippen molar-refractivity contribution in [3.63, 3.8) is 0 Å². The number of carboxylic acid groups (broad SMARTS) is 1. The van der Waals surface area contributed by atoms with Crippen molar-refractivity contribution in [1.82, 2.24) is 9.97 Å². The fraction of sp³-hybridized carbons (Fsp3) is 0.222. The van der Waals surface area contributed by atoms with Crippen LogP contribution in [-0.4, -0.2) is 46.3 Å². The Morgan fingerprint density at radius 2 is 2.08 bits per heavy atom. The van der Waals surface area contributed by atoms with E-state index in [0.717, 1.165) is 29.8 Å². The van der Waals surface area contributed by atoms with Crippen LogP contribution in [0.3, 0.4) is 0 Å². The van der Waals surface area contributed by atoms with Gasteiger partial charge in [0, 0.05) is 18.8 Å². The molecular weight excluding hydrogens is 322 g/mol. The number of ether oxygens (including phenoxy) is 1. The number of fused-ring (bicyclic) bond motifs is 1. The van der Waals surface area contributed by atoms with Crippen molar-refractivity contribution in [2.75, 3.05) is 25.1 Å². The van der Waals surface area contributed by atoms with Crippen molar-refractivity contribution in [1.29, 1.82) is 0 Å². The lowest BCUT2D eigenvalue weighted by molar-refractivity contribution is 0.0693. The van der Waals surface area contributed by atoms with Gasteiger partial charge < -0.3 is 24.8 Å². The summed E-state index contributed by atoms with van der Waals surface area (Å²) in [6.07, 6.45) is 1.21. The van der Waals surface area contributed by atoms with Crippen LogP contribution in [0.15, 0.2) is 30.3 Å². The molecule has 0 saturated carbocycles. The van der Waals surface area contributed by atoms with Crippen LogP contribution in [0, 0.1) is 0 Å². The van der Waals surface area contributed by atoms with Crippen molar-refractivity contribution in [2.45, 2.75) is 6.42 Å². The smallest absolute Gasteiger partial charge is 0.339 e. The zero-order valence-corrected chi connectivity index (χ0v) is 13.6. The number of hydrogen-bond donors (Lipinski definition) is 3. The van der Waals surface area contributed by atoms with E-state index >= 15 is 0 Å². The summed E-state index contributed by atoms with van der Waals surface area (Å²) in [5, 5.41) is 19.3. The van der Waals surface area contributed by atoms with Crippen LogP contribution in [0.25, 0.3) is 22.4 Å². The predicted molar refractivity (Wildman–Crippen MR) is 93.5 cm³/mol. The molecule has 1 aliphatic heterocycles. The third-order valence-corrected chi connectivity index (χ3v) is 4.51. The Bertz CT molecular complexity index is 976. The van der Waals surface area contributed by atoms with Gasteiger partial charge in [-0.15, -0.1) is 0 Å². The van der Waals surface area contributed by atoms with Gasteiger partial charge in [0.15, 0.2) is 11.5 Å². The fourth-order valence-electron chi connectivity index (χ4n) is 3.03. The molecule has 1 aliphatic rings. The average molecular weight is 339 g/mol. The molecule has 0 bridgehead atoms. The number of imidazole rings is 1. The van der Waals surface area contributed by atoms with Gasteiger partial charge in [-0.25, -0.2) is 9.78 Å². The number of H-pyrrole nitrogens is 1. The Labute approximate surface area is 143 Å². The van der Waals surface area contributed by atoms with Crippen molar-refractivity contribution >= 4 is 22.7 Å². The van der Waals surface area contributed by atoms with E-state index in [1.807, 2.05) is 18.2 Å². The van der Waals surface area contributed by atoms with E-state index in [0.29, 0.717) is 11.4 Å². The Kier molecular flexibility index (Phi) is 3.49. The summed E-state index contributed by atoms with van der Waals surface area (Å²) >= 11 is 0. The lowest BCUT2D eigenvalue weighted by Gasteiger charge is -2.33. The molecule has 3 N–H and O–H groups in total. The molecule has 7 heteroatoms. The second-order valence-electron chi connectivity index (χ2n) is 5.98. The van der Waals surface area contributed by atoms with Gasteiger partial charge in [-0.3, -0.25) is 0 Å². The van der Waals surface area contributed by atoms with Gasteiger partial charge in [-0.05, 0) is 36.8 Å². The van der Waals surface area contributed by atoms with Gasteiger partial charge >= 0.3 is 5.97 Å². The van der Waals surface area contributed by atoms with E-state index in [2.05, 4.69) is 14.9 Å². The minimum Gasteiger partial charge on any atom is -0.504 e. The fourth-order valence-corrected chi connectivity index (χ4v) is 3.03. The summed E-state index contributed by atoms with van der Waals surface area (Å²) < 4.78 is 5.22. The number of methoxy groups -OCH3 is 1. The highest BCUT2D eigenvalue weighted by atomic mass is 16.5. The van der Waals surface area contributed by atoms with Crippen LogP contribution >= 0.6 is 0 Å². The number of hydrogen-bond acceptors (Lipinski definition) is 5. The molecule has 0 amide bonds. The number of aromatic nitrogens is 2. The highest BCUT2D eigenvalue weighted by molar-refractivity contribution is 5.94. The molecule has 7 nitrogen and oxygen atoms in total. The van der Waals surface area contributed by atoms with Crippen LogP contribution < -0.4 is 9.64 Å². The van der Waals surface area contributed by atoms with Crippen molar-refractivity contribution in [3.05, 3.63) is 35.9 Å².